The second kappa shape index (κ2) is 6.94. The van der Waals surface area contributed by atoms with Crippen LogP contribution in [0.2, 0.25) is 0 Å². The third-order valence-electron chi connectivity index (χ3n) is 2.69. The van der Waals surface area contributed by atoms with Gasteiger partial charge in [0.1, 0.15) is 5.69 Å². The van der Waals surface area contributed by atoms with Gasteiger partial charge in [-0.05, 0) is 17.3 Å². The molecule has 0 radical (unpaired) electrons. The molecule has 0 spiro atoms. The van der Waals surface area contributed by atoms with Crippen molar-refractivity contribution in [2.75, 3.05) is 7.11 Å². The number of ether oxygens (including phenoxy) is 1. The van der Waals surface area contributed by atoms with Crippen molar-refractivity contribution < 1.29 is 22.7 Å². The van der Waals surface area contributed by atoms with Gasteiger partial charge in [0.25, 0.3) is 0 Å². The van der Waals surface area contributed by atoms with Crippen molar-refractivity contribution in [1.82, 2.24) is 25.2 Å². The van der Waals surface area contributed by atoms with Crippen molar-refractivity contribution in [3.63, 3.8) is 0 Å². The Morgan fingerprint density at radius 3 is 2.65 bits per heavy atom. The zero-order valence-electron chi connectivity index (χ0n) is 12.2. The summed E-state index contributed by atoms with van der Waals surface area (Å²) in [7, 11) is 2.76. The Hall–Kier alpha value is -2.17. The third-order valence-corrected chi connectivity index (χ3v) is 3.63. The minimum Gasteiger partial charge on any atom is -0.465 e. The van der Waals surface area contributed by atoms with Crippen LogP contribution in [0.5, 0.6) is 0 Å². The van der Waals surface area contributed by atoms with E-state index in [1.165, 1.54) is 16.6 Å². The van der Waals surface area contributed by atoms with Gasteiger partial charge in [-0.1, -0.05) is 0 Å². The molecule has 0 aromatic carbocycles. The van der Waals surface area contributed by atoms with Gasteiger partial charge in [0.2, 0.25) is 0 Å². The molecule has 2 heterocycles. The van der Waals surface area contributed by atoms with E-state index in [0.29, 0.717) is 11.6 Å². The first-order valence-corrected chi connectivity index (χ1v) is 7.42. The van der Waals surface area contributed by atoms with Gasteiger partial charge in [-0.25, -0.2) is 9.78 Å². The fourth-order valence-electron chi connectivity index (χ4n) is 1.69. The number of esters is 1. The summed E-state index contributed by atoms with van der Waals surface area (Å²) >= 11 is 1.22. The third kappa shape index (κ3) is 4.41. The predicted octanol–water partition coefficient (Wildman–Crippen LogP) is 1.84. The minimum absolute atomic E-state index is 0.0000973. The van der Waals surface area contributed by atoms with Gasteiger partial charge < -0.3 is 4.74 Å². The van der Waals surface area contributed by atoms with Crippen LogP contribution in [0.25, 0.3) is 0 Å². The van der Waals surface area contributed by atoms with Crippen LogP contribution in [0.3, 0.4) is 0 Å². The van der Waals surface area contributed by atoms with E-state index in [2.05, 4.69) is 25.1 Å². The van der Waals surface area contributed by atoms with E-state index in [1.807, 2.05) is 0 Å². The van der Waals surface area contributed by atoms with E-state index in [0.717, 1.165) is 19.2 Å². The maximum atomic E-state index is 12.8. The molecule has 0 amide bonds. The normalized spacial score (nSPS) is 11.5. The second-order valence-electron chi connectivity index (χ2n) is 4.37. The zero-order chi connectivity index (χ0) is 17.0. The molecular weight excluding hydrogens is 335 g/mol. The number of nitrogens with zero attached hydrogens (tertiary/aromatic N) is 5. The van der Waals surface area contributed by atoms with Crippen molar-refractivity contribution in [3.05, 3.63) is 34.9 Å². The molecule has 11 heteroatoms. The predicted molar refractivity (Wildman–Crippen MR) is 74.4 cm³/mol. The summed E-state index contributed by atoms with van der Waals surface area (Å²) in [4.78, 5) is 16.5. The van der Waals surface area contributed by atoms with Crippen LogP contribution < -0.4 is 0 Å². The number of alkyl halides is 3. The highest BCUT2D eigenvalue weighted by atomic mass is 32.2. The van der Waals surface area contributed by atoms with E-state index in [4.69, 9.17) is 0 Å². The summed E-state index contributed by atoms with van der Waals surface area (Å²) in [5.41, 5.74) is -1.06. The summed E-state index contributed by atoms with van der Waals surface area (Å²) in [5, 5.41) is 11.4. The van der Waals surface area contributed by atoms with E-state index in [-0.39, 0.29) is 17.0 Å². The average molecular weight is 347 g/mol. The van der Waals surface area contributed by atoms with Gasteiger partial charge in [0, 0.05) is 5.75 Å². The maximum Gasteiger partial charge on any atom is 0.433 e. The van der Waals surface area contributed by atoms with E-state index >= 15 is 0 Å². The summed E-state index contributed by atoms with van der Waals surface area (Å²) in [6.45, 7) is 0. The number of carbonyl (C=O) groups excluding carboxylic acids is 1. The second-order valence-corrected chi connectivity index (χ2v) is 5.35. The monoisotopic (exact) mass is 347 g/mol. The highest BCUT2D eigenvalue weighted by molar-refractivity contribution is 7.97. The Labute approximate surface area is 133 Å². The molecule has 7 nitrogen and oxygen atoms in total. The van der Waals surface area contributed by atoms with Gasteiger partial charge in [-0.2, -0.15) is 18.0 Å². The van der Waals surface area contributed by atoms with Crippen molar-refractivity contribution >= 4 is 17.7 Å². The molecule has 0 unspecified atom stereocenters. The first kappa shape index (κ1) is 17.2. The van der Waals surface area contributed by atoms with Gasteiger partial charge in [-0.15, -0.1) is 22.0 Å². The molecule has 0 atom stereocenters. The molecular formula is C12H12F3N5O2S. The molecule has 0 aliphatic heterocycles. The Balaban J connectivity index is 2.17. The number of halogens is 3. The quantitative estimate of drug-likeness (QED) is 0.763. The fourth-order valence-corrected chi connectivity index (χ4v) is 2.50. The molecule has 0 saturated carbocycles. The Morgan fingerprint density at radius 1 is 1.35 bits per heavy atom. The molecule has 2 rings (SSSR count). The summed E-state index contributed by atoms with van der Waals surface area (Å²) in [6.07, 6.45) is -4.58. The van der Waals surface area contributed by atoms with Gasteiger partial charge in [-0.3, -0.25) is 0 Å². The summed E-state index contributed by atoms with van der Waals surface area (Å²) < 4.78 is 42.8. The van der Waals surface area contributed by atoms with Crippen molar-refractivity contribution in [2.45, 2.75) is 17.7 Å². The van der Waals surface area contributed by atoms with Crippen LogP contribution >= 0.6 is 11.8 Å². The average Bonchev–Trinajstić information content (AvgIpc) is 2.91. The molecule has 0 bridgehead atoms. The van der Waals surface area contributed by atoms with E-state index in [1.54, 1.807) is 7.05 Å². The number of pyridine rings is 1. The van der Waals surface area contributed by atoms with Crippen LogP contribution in [0, 0.1) is 0 Å². The molecule has 0 aliphatic carbocycles. The first-order chi connectivity index (χ1) is 10.8. The smallest absolute Gasteiger partial charge is 0.433 e. The Morgan fingerprint density at radius 2 is 2.09 bits per heavy atom. The largest absolute Gasteiger partial charge is 0.465 e. The molecule has 0 N–H and O–H groups in total. The molecule has 0 saturated heterocycles. The Kier molecular flexibility index (Phi) is 5.19. The first-order valence-electron chi connectivity index (χ1n) is 6.27. The van der Waals surface area contributed by atoms with E-state index in [9.17, 15) is 18.0 Å². The van der Waals surface area contributed by atoms with Gasteiger partial charge in [0.05, 0.1) is 31.2 Å². The number of thioether (sulfide) groups is 1. The molecule has 0 fully saturated rings. The van der Waals surface area contributed by atoms with Gasteiger partial charge >= 0.3 is 12.1 Å². The van der Waals surface area contributed by atoms with Crippen molar-refractivity contribution in [1.29, 1.82) is 0 Å². The lowest BCUT2D eigenvalue weighted by atomic mass is 10.2. The summed E-state index contributed by atoms with van der Waals surface area (Å²) in [6, 6.07) is 1.82. The van der Waals surface area contributed by atoms with Crippen LogP contribution in [-0.4, -0.2) is 38.3 Å². The fraction of sp³-hybridized carbons (Fsp3) is 0.417. The molecule has 124 valence electrons. The number of rotatable bonds is 5. The van der Waals surface area contributed by atoms with Crippen molar-refractivity contribution in [2.24, 2.45) is 7.05 Å². The number of hydrogen-bond acceptors (Lipinski definition) is 7. The number of tetrazole rings is 1. The number of aromatic nitrogens is 5. The molecule has 0 aliphatic rings. The maximum absolute atomic E-state index is 12.8. The van der Waals surface area contributed by atoms with Gasteiger partial charge in [0.15, 0.2) is 5.82 Å². The zero-order valence-corrected chi connectivity index (χ0v) is 13.0. The SMILES string of the molecule is COC(=O)c1ccc(C(F)(F)F)nc1CSCc1nnn(C)n1. The lowest BCUT2D eigenvalue weighted by Crippen LogP contribution is -2.13. The standard InChI is InChI=1S/C12H12F3N5O2S/c1-20-18-10(17-19-20)6-23-5-8-7(11(21)22-2)3-4-9(16-8)12(13,14)15/h3-4H,5-6H2,1-2H3. The molecule has 23 heavy (non-hydrogen) atoms. The topological polar surface area (TPSA) is 82.8 Å². The highest BCUT2D eigenvalue weighted by Gasteiger charge is 2.33. The summed E-state index contributed by atoms with van der Waals surface area (Å²) in [5.74, 6) is 0.0995. The van der Waals surface area contributed by atoms with Crippen LogP contribution in [-0.2, 0) is 29.5 Å². The van der Waals surface area contributed by atoms with Crippen LogP contribution in [0.4, 0.5) is 13.2 Å². The Bertz CT molecular complexity index is 704. The highest BCUT2D eigenvalue weighted by Crippen LogP contribution is 2.29. The van der Waals surface area contributed by atoms with Crippen molar-refractivity contribution in [3.8, 4) is 0 Å². The minimum atomic E-state index is -4.58. The van der Waals surface area contributed by atoms with Crippen LogP contribution in [0.15, 0.2) is 12.1 Å². The lowest BCUT2D eigenvalue weighted by Gasteiger charge is -2.11. The number of methoxy groups -OCH3 is 1. The van der Waals surface area contributed by atoms with Crippen LogP contribution in [0.1, 0.15) is 27.6 Å². The molecule has 2 aromatic heterocycles. The molecule has 2 aromatic rings. The number of hydrogen-bond donors (Lipinski definition) is 0. The number of carbonyl (C=O) groups is 1. The van der Waals surface area contributed by atoms with E-state index < -0.39 is 17.8 Å². The number of aryl methyl sites for hydroxylation is 1. The lowest BCUT2D eigenvalue weighted by molar-refractivity contribution is -0.141.